The summed E-state index contributed by atoms with van der Waals surface area (Å²) in [6, 6.07) is 1.98. The standard InChI is InChI=1S/C12H13FN2O5/c1-7(2)14(6-11(16)17)12(18)9-5-8(13)3-4-10(9)15(19)20/h3-5,7H,6H2,1-2H3,(H,16,17). The predicted molar refractivity (Wildman–Crippen MR) is 66.9 cm³/mol. The second-order valence-corrected chi connectivity index (χ2v) is 4.34. The molecule has 0 aliphatic rings. The summed E-state index contributed by atoms with van der Waals surface area (Å²) in [6.45, 7) is 2.50. The van der Waals surface area contributed by atoms with E-state index >= 15 is 0 Å². The normalized spacial score (nSPS) is 10.4. The number of carboxylic acid groups (broad SMARTS) is 1. The SMILES string of the molecule is CC(C)N(CC(=O)O)C(=O)c1cc(F)ccc1[N+](=O)[O-]. The van der Waals surface area contributed by atoms with Crippen LogP contribution in [0, 0.1) is 15.9 Å². The minimum atomic E-state index is -1.26. The maximum atomic E-state index is 13.2. The second-order valence-electron chi connectivity index (χ2n) is 4.34. The molecule has 1 N–H and O–H groups in total. The number of nitro groups is 1. The lowest BCUT2D eigenvalue weighted by Gasteiger charge is -2.24. The highest BCUT2D eigenvalue weighted by Crippen LogP contribution is 2.22. The number of hydrogen-bond donors (Lipinski definition) is 1. The highest BCUT2D eigenvalue weighted by molar-refractivity contribution is 5.99. The molecule has 0 saturated heterocycles. The van der Waals surface area contributed by atoms with E-state index < -0.39 is 46.5 Å². The van der Waals surface area contributed by atoms with Gasteiger partial charge in [-0.25, -0.2) is 4.39 Å². The van der Waals surface area contributed by atoms with Crippen LogP contribution in [0.3, 0.4) is 0 Å². The Kier molecular flexibility index (Phi) is 4.73. The summed E-state index contributed by atoms with van der Waals surface area (Å²) in [5.41, 5.74) is -1.03. The van der Waals surface area contributed by atoms with Crippen molar-refractivity contribution in [2.45, 2.75) is 19.9 Å². The number of hydrogen-bond acceptors (Lipinski definition) is 4. The fraction of sp³-hybridized carbons (Fsp3) is 0.333. The lowest BCUT2D eigenvalue weighted by Crippen LogP contribution is -2.40. The second kappa shape index (κ2) is 6.09. The van der Waals surface area contributed by atoms with E-state index in [2.05, 4.69) is 0 Å². The fourth-order valence-corrected chi connectivity index (χ4v) is 1.63. The topological polar surface area (TPSA) is 101 Å². The van der Waals surface area contributed by atoms with Gasteiger partial charge in [0.2, 0.25) is 0 Å². The molecule has 0 atom stereocenters. The first-order chi connectivity index (χ1) is 9.23. The fourth-order valence-electron chi connectivity index (χ4n) is 1.63. The van der Waals surface area contributed by atoms with Crippen molar-refractivity contribution < 1.29 is 24.0 Å². The predicted octanol–water partition coefficient (Wildman–Crippen LogP) is 1.67. The van der Waals surface area contributed by atoms with E-state index in [1.807, 2.05) is 0 Å². The number of carbonyl (C=O) groups excluding carboxylic acids is 1. The van der Waals surface area contributed by atoms with E-state index in [0.717, 1.165) is 23.1 Å². The van der Waals surface area contributed by atoms with Crippen LogP contribution in [0.2, 0.25) is 0 Å². The molecule has 0 unspecified atom stereocenters. The van der Waals surface area contributed by atoms with Crippen LogP contribution in [-0.4, -0.2) is 39.4 Å². The summed E-state index contributed by atoms with van der Waals surface area (Å²) < 4.78 is 13.2. The third-order valence-electron chi connectivity index (χ3n) is 2.58. The van der Waals surface area contributed by atoms with E-state index in [4.69, 9.17) is 5.11 Å². The first kappa shape index (κ1) is 15.5. The van der Waals surface area contributed by atoms with Crippen molar-refractivity contribution in [3.8, 4) is 0 Å². The molecule has 0 radical (unpaired) electrons. The summed E-state index contributed by atoms with van der Waals surface area (Å²) in [4.78, 5) is 33.9. The third-order valence-corrected chi connectivity index (χ3v) is 2.58. The number of aliphatic carboxylic acids is 1. The number of carboxylic acids is 1. The summed E-state index contributed by atoms with van der Waals surface area (Å²) in [6.07, 6.45) is 0. The van der Waals surface area contributed by atoms with Gasteiger partial charge in [-0.15, -0.1) is 0 Å². The molecule has 0 aliphatic heterocycles. The molecular weight excluding hydrogens is 271 g/mol. The third kappa shape index (κ3) is 3.50. The van der Waals surface area contributed by atoms with Gasteiger partial charge in [-0.2, -0.15) is 0 Å². The van der Waals surface area contributed by atoms with E-state index in [1.165, 1.54) is 0 Å². The number of amides is 1. The largest absolute Gasteiger partial charge is 0.480 e. The number of rotatable bonds is 5. The minimum absolute atomic E-state index is 0.468. The average Bonchev–Trinajstić information content (AvgIpc) is 2.34. The van der Waals surface area contributed by atoms with Gasteiger partial charge < -0.3 is 10.0 Å². The molecule has 0 saturated carbocycles. The van der Waals surface area contributed by atoms with Crippen molar-refractivity contribution in [1.29, 1.82) is 0 Å². The zero-order chi connectivity index (χ0) is 15.4. The van der Waals surface area contributed by atoms with Gasteiger partial charge in [0.25, 0.3) is 11.6 Å². The molecule has 108 valence electrons. The van der Waals surface area contributed by atoms with Gasteiger partial charge in [0, 0.05) is 12.1 Å². The minimum Gasteiger partial charge on any atom is -0.480 e. The van der Waals surface area contributed by atoms with Crippen LogP contribution in [0.1, 0.15) is 24.2 Å². The van der Waals surface area contributed by atoms with E-state index in [0.29, 0.717) is 0 Å². The van der Waals surface area contributed by atoms with E-state index in [9.17, 15) is 24.1 Å². The van der Waals surface area contributed by atoms with Gasteiger partial charge in [-0.1, -0.05) is 0 Å². The molecule has 7 nitrogen and oxygen atoms in total. The highest BCUT2D eigenvalue weighted by Gasteiger charge is 2.28. The molecule has 0 spiro atoms. The summed E-state index contributed by atoms with van der Waals surface area (Å²) in [5.74, 6) is -2.96. The Morgan fingerprint density at radius 1 is 1.45 bits per heavy atom. The van der Waals surface area contributed by atoms with Crippen molar-refractivity contribution in [3.05, 3.63) is 39.7 Å². The molecule has 0 bridgehead atoms. The first-order valence-corrected chi connectivity index (χ1v) is 5.70. The number of nitrogens with zero attached hydrogens (tertiary/aromatic N) is 2. The van der Waals surface area contributed by atoms with Crippen molar-refractivity contribution >= 4 is 17.6 Å². The van der Waals surface area contributed by atoms with Crippen molar-refractivity contribution in [3.63, 3.8) is 0 Å². The van der Waals surface area contributed by atoms with Gasteiger partial charge in [0.1, 0.15) is 17.9 Å². The molecule has 0 heterocycles. The van der Waals surface area contributed by atoms with Crippen molar-refractivity contribution in [1.82, 2.24) is 4.90 Å². The Morgan fingerprint density at radius 3 is 2.50 bits per heavy atom. The van der Waals surface area contributed by atoms with Crippen LogP contribution in [0.15, 0.2) is 18.2 Å². The van der Waals surface area contributed by atoms with Crippen molar-refractivity contribution in [2.75, 3.05) is 6.54 Å². The van der Waals surface area contributed by atoms with Crippen LogP contribution in [0.25, 0.3) is 0 Å². The molecule has 1 rings (SSSR count). The van der Waals surface area contributed by atoms with Gasteiger partial charge in [0.05, 0.1) is 4.92 Å². The Balaban J connectivity index is 3.27. The van der Waals surface area contributed by atoms with Gasteiger partial charge in [-0.3, -0.25) is 19.7 Å². The number of halogens is 1. The van der Waals surface area contributed by atoms with Crippen LogP contribution < -0.4 is 0 Å². The average molecular weight is 284 g/mol. The Hall–Kier alpha value is -2.51. The van der Waals surface area contributed by atoms with E-state index in [1.54, 1.807) is 13.8 Å². The van der Waals surface area contributed by atoms with Crippen LogP contribution in [0.5, 0.6) is 0 Å². The van der Waals surface area contributed by atoms with E-state index in [-0.39, 0.29) is 0 Å². The molecule has 0 fully saturated rings. The molecule has 0 aliphatic carbocycles. The number of benzene rings is 1. The Labute approximate surface area is 113 Å². The molecule has 0 aromatic heterocycles. The molecule has 20 heavy (non-hydrogen) atoms. The van der Waals surface area contributed by atoms with Crippen LogP contribution in [-0.2, 0) is 4.79 Å². The van der Waals surface area contributed by atoms with Gasteiger partial charge >= 0.3 is 5.97 Å². The van der Waals surface area contributed by atoms with Crippen LogP contribution >= 0.6 is 0 Å². The summed E-state index contributed by atoms with van der Waals surface area (Å²) in [5, 5.41) is 19.6. The maximum Gasteiger partial charge on any atom is 0.323 e. The van der Waals surface area contributed by atoms with Crippen LogP contribution in [0.4, 0.5) is 10.1 Å². The number of carbonyl (C=O) groups is 2. The Morgan fingerprint density at radius 2 is 2.05 bits per heavy atom. The van der Waals surface area contributed by atoms with Crippen molar-refractivity contribution in [2.24, 2.45) is 0 Å². The molecule has 1 amide bonds. The molecule has 8 heteroatoms. The van der Waals surface area contributed by atoms with Gasteiger partial charge in [0.15, 0.2) is 0 Å². The zero-order valence-corrected chi connectivity index (χ0v) is 10.9. The smallest absolute Gasteiger partial charge is 0.323 e. The highest BCUT2D eigenvalue weighted by atomic mass is 19.1. The quantitative estimate of drug-likeness (QED) is 0.654. The summed E-state index contributed by atoms with van der Waals surface area (Å²) >= 11 is 0. The lowest BCUT2D eigenvalue weighted by molar-refractivity contribution is -0.385. The maximum absolute atomic E-state index is 13.2. The zero-order valence-electron chi connectivity index (χ0n) is 10.9. The molecule has 1 aromatic carbocycles. The monoisotopic (exact) mass is 284 g/mol. The number of nitro benzene ring substituents is 1. The summed E-state index contributed by atoms with van der Waals surface area (Å²) in [7, 11) is 0. The van der Waals surface area contributed by atoms with Gasteiger partial charge in [-0.05, 0) is 26.0 Å². The lowest BCUT2D eigenvalue weighted by atomic mass is 10.1. The first-order valence-electron chi connectivity index (χ1n) is 5.70. The molecule has 1 aromatic rings. The Bertz CT molecular complexity index is 559. The molecular formula is C12H13FN2O5.